The highest BCUT2D eigenvalue weighted by Crippen LogP contribution is 2.20. The topological polar surface area (TPSA) is 110 Å². The number of aromatic hydroxyl groups is 1. The number of carbonyl (C=O) groups excluding carboxylic acids is 2. The molecule has 27 heavy (non-hydrogen) atoms. The van der Waals surface area contributed by atoms with Crippen molar-refractivity contribution in [3.8, 4) is 5.75 Å². The Bertz CT molecular complexity index is 760. The van der Waals surface area contributed by atoms with E-state index in [2.05, 4.69) is 20.6 Å². The molecule has 1 saturated heterocycles. The summed E-state index contributed by atoms with van der Waals surface area (Å²) in [6.07, 6.45) is 4.24. The minimum Gasteiger partial charge on any atom is -0.508 e. The van der Waals surface area contributed by atoms with Crippen LogP contribution in [0.15, 0.2) is 36.7 Å². The molecule has 1 aliphatic heterocycles. The van der Waals surface area contributed by atoms with Crippen LogP contribution in [-0.4, -0.2) is 57.0 Å². The summed E-state index contributed by atoms with van der Waals surface area (Å²) < 4.78 is 0. The van der Waals surface area contributed by atoms with Gasteiger partial charge in [-0.2, -0.15) is 0 Å². The van der Waals surface area contributed by atoms with Crippen molar-refractivity contribution in [1.82, 2.24) is 25.5 Å². The highest BCUT2D eigenvalue weighted by molar-refractivity contribution is 5.83. The number of rotatable bonds is 7. The maximum atomic E-state index is 12.4. The smallest absolute Gasteiger partial charge is 0.237 e. The minimum atomic E-state index is -0.297. The van der Waals surface area contributed by atoms with Crippen molar-refractivity contribution in [3.63, 3.8) is 0 Å². The zero-order valence-electron chi connectivity index (χ0n) is 15.3. The Hall–Kier alpha value is -2.87. The summed E-state index contributed by atoms with van der Waals surface area (Å²) in [4.78, 5) is 34.1. The molecule has 1 aromatic carbocycles. The molecule has 144 valence electrons. The number of aromatic amines is 1. The van der Waals surface area contributed by atoms with Gasteiger partial charge in [-0.3, -0.25) is 14.5 Å². The second-order valence-electron chi connectivity index (χ2n) is 6.72. The van der Waals surface area contributed by atoms with E-state index in [4.69, 9.17) is 0 Å². The van der Waals surface area contributed by atoms with Crippen molar-refractivity contribution < 1.29 is 14.7 Å². The molecule has 1 fully saturated rings. The number of nitrogens with zero attached hydrogens (tertiary/aromatic N) is 2. The van der Waals surface area contributed by atoms with E-state index >= 15 is 0 Å². The van der Waals surface area contributed by atoms with E-state index in [-0.39, 0.29) is 36.1 Å². The van der Waals surface area contributed by atoms with Gasteiger partial charge in [-0.25, -0.2) is 4.98 Å². The molecule has 2 atom stereocenters. The van der Waals surface area contributed by atoms with E-state index < -0.39 is 0 Å². The first-order valence-electron chi connectivity index (χ1n) is 9.12. The van der Waals surface area contributed by atoms with Gasteiger partial charge in [0.2, 0.25) is 11.8 Å². The van der Waals surface area contributed by atoms with Crippen LogP contribution in [0.1, 0.15) is 24.7 Å². The van der Waals surface area contributed by atoms with Crippen molar-refractivity contribution in [1.29, 1.82) is 0 Å². The van der Waals surface area contributed by atoms with Gasteiger partial charge in [-0.05, 0) is 31.0 Å². The average molecular weight is 371 g/mol. The second kappa shape index (κ2) is 8.68. The van der Waals surface area contributed by atoms with E-state index in [1.54, 1.807) is 36.7 Å². The Kier molecular flexibility index (Phi) is 6.08. The van der Waals surface area contributed by atoms with Gasteiger partial charge in [-0.15, -0.1) is 0 Å². The number of benzene rings is 1. The van der Waals surface area contributed by atoms with E-state index in [0.29, 0.717) is 26.1 Å². The number of likely N-dealkylation sites (tertiary alicyclic amines) is 1. The number of nitrogens with one attached hydrogen (secondary N) is 3. The van der Waals surface area contributed by atoms with Gasteiger partial charge in [0.1, 0.15) is 11.6 Å². The number of H-pyrrole nitrogens is 1. The Morgan fingerprint density at radius 2 is 2.11 bits per heavy atom. The Balaban J connectivity index is 1.60. The first-order valence-corrected chi connectivity index (χ1v) is 9.12. The lowest BCUT2D eigenvalue weighted by Gasteiger charge is -2.22. The molecule has 0 spiro atoms. The van der Waals surface area contributed by atoms with Crippen molar-refractivity contribution in [3.05, 3.63) is 48.0 Å². The number of carbonyl (C=O) groups is 2. The van der Waals surface area contributed by atoms with Crippen molar-refractivity contribution >= 4 is 11.8 Å². The third-order valence-corrected chi connectivity index (χ3v) is 4.63. The molecule has 0 saturated carbocycles. The molecule has 8 heteroatoms. The first kappa shape index (κ1) is 18.9. The summed E-state index contributed by atoms with van der Waals surface area (Å²) in [7, 11) is 0. The van der Waals surface area contributed by atoms with Crippen LogP contribution in [-0.2, 0) is 22.6 Å². The Labute approximate surface area is 158 Å². The molecule has 1 aliphatic rings. The highest BCUT2D eigenvalue weighted by atomic mass is 16.3. The third-order valence-electron chi connectivity index (χ3n) is 4.63. The summed E-state index contributed by atoms with van der Waals surface area (Å²) >= 11 is 0. The first-order chi connectivity index (χ1) is 13.0. The van der Waals surface area contributed by atoms with Crippen molar-refractivity contribution in [2.75, 3.05) is 13.1 Å². The lowest BCUT2D eigenvalue weighted by molar-refractivity contribution is -0.125. The summed E-state index contributed by atoms with van der Waals surface area (Å²) in [5, 5.41) is 15.2. The van der Waals surface area contributed by atoms with Crippen LogP contribution in [0.3, 0.4) is 0 Å². The zero-order valence-corrected chi connectivity index (χ0v) is 15.3. The fourth-order valence-corrected chi connectivity index (χ4v) is 3.40. The fraction of sp³-hybridized carbons (Fsp3) is 0.421. The number of imidazole rings is 1. The van der Waals surface area contributed by atoms with Crippen LogP contribution in [0.4, 0.5) is 0 Å². The normalized spacial score (nSPS) is 19.7. The molecule has 4 N–H and O–H groups in total. The second-order valence-corrected chi connectivity index (χ2v) is 6.72. The van der Waals surface area contributed by atoms with Gasteiger partial charge in [0.25, 0.3) is 0 Å². The molecular formula is C19H25N5O3. The maximum Gasteiger partial charge on any atom is 0.237 e. The standard InChI is InChI=1S/C19H25N5O3/c1-2-20-19(27)16-10-14(11-24(16)12-17-21-7-8-22-17)23-18(26)9-13-3-5-15(25)6-4-13/h3-8,14,16,25H,2,9-12H2,1H3,(H,20,27)(H,21,22)(H,23,26)/t14-,16+/m1/s1. The van der Waals surface area contributed by atoms with Crippen LogP contribution in [0.2, 0.25) is 0 Å². The highest BCUT2D eigenvalue weighted by Gasteiger charge is 2.37. The largest absolute Gasteiger partial charge is 0.508 e. The number of likely N-dealkylation sites (N-methyl/N-ethyl adjacent to an activating group) is 1. The molecule has 2 amide bonds. The van der Waals surface area contributed by atoms with Crippen LogP contribution in [0, 0.1) is 0 Å². The zero-order chi connectivity index (χ0) is 19.2. The van der Waals surface area contributed by atoms with E-state index in [9.17, 15) is 14.7 Å². The number of hydrogen-bond donors (Lipinski definition) is 4. The van der Waals surface area contributed by atoms with Gasteiger partial charge in [-0.1, -0.05) is 12.1 Å². The van der Waals surface area contributed by atoms with E-state index in [1.165, 1.54) is 0 Å². The van der Waals surface area contributed by atoms with Gasteiger partial charge < -0.3 is 20.7 Å². The summed E-state index contributed by atoms with van der Waals surface area (Å²) in [6.45, 7) is 3.57. The summed E-state index contributed by atoms with van der Waals surface area (Å²) in [5.41, 5.74) is 0.830. The Morgan fingerprint density at radius 3 is 2.78 bits per heavy atom. The Morgan fingerprint density at radius 1 is 1.33 bits per heavy atom. The monoisotopic (exact) mass is 371 g/mol. The predicted molar refractivity (Wildman–Crippen MR) is 99.8 cm³/mol. The third kappa shape index (κ3) is 5.07. The van der Waals surface area contributed by atoms with Gasteiger partial charge in [0.05, 0.1) is 19.0 Å². The van der Waals surface area contributed by atoms with Crippen molar-refractivity contribution in [2.24, 2.45) is 0 Å². The molecule has 3 rings (SSSR count). The average Bonchev–Trinajstić information content (AvgIpc) is 3.27. The van der Waals surface area contributed by atoms with Crippen LogP contribution < -0.4 is 10.6 Å². The molecule has 0 radical (unpaired) electrons. The quantitative estimate of drug-likeness (QED) is 0.568. The number of aromatic nitrogens is 2. The molecule has 2 aromatic rings. The van der Waals surface area contributed by atoms with Crippen LogP contribution in [0.5, 0.6) is 5.75 Å². The molecule has 0 unspecified atom stereocenters. The molecule has 2 heterocycles. The molecule has 8 nitrogen and oxygen atoms in total. The summed E-state index contributed by atoms with van der Waals surface area (Å²) in [5.74, 6) is 0.841. The molecule has 0 bridgehead atoms. The SMILES string of the molecule is CCNC(=O)[C@@H]1C[C@@H](NC(=O)Cc2ccc(O)cc2)CN1Cc1ncc[nH]1. The van der Waals surface area contributed by atoms with E-state index in [0.717, 1.165) is 11.4 Å². The van der Waals surface area contributed by atoms with Gasteiger partial charge >= 0.3 is 0 Å². The molecule has 0 aliphatic carbocycles. The van der Waals surface area contributed by atoms with Gasteiger partial charge in [0.15, 0.2) is 0 Å². The van der Waals surface area contributed by atoms with E-state index in [1.807, 2.05) is 11.8 Å². The van der Waals surface area contributed by atoms with Crippen LogP contribution in [0.25, 0.3) is 0 Å². The maximum absolute atomic E-state index is 12.4. The lowest BCUT2D eigenvalue weighted by Crippen LogP contribution is -2.42. The minimum absolute atomic E-state index is 0.0284. The number of phenolic OH excluding ortho intramolecular Hbond substituents is 1. The van der Waals surface area contributed by atoms with Gasteiger partial charge in [0, 0.05) is 31.5 Å². The van der Waals surface area contributed by atoms with Crippen LogP contribution >= 0.6 is 0 Å². The number of hydrogen-bond acceptors (Lipinski definition) is 5. The van der Waals surface area contributed by atoms with Crippen molar-refractivity contribution in [2.45, 2.75) is 38.4 Å². The summed E-state index contributed by atoms with van der Waals surface area (Å²) in [6, 6.07) is 6.18. The fourth-order valence-electron chi connectivity index (χ4n) is 3.40. The predicted octanol–water partition coefficient (Wildman–Crippen LogP) is 0.553. The molecular weight excluding hydrogens is 346 g/mol. The number of phenols is 1. The lowest BCUT2D eigenvalue weighted by atomic mass is 10.1. The number of amides is 2. The molecule has 1 aromatic heterocycles.